The molecule has 0 radical (unpaired) electrons. The van der Waals surface area contributed by atoms with Gasteiger partial charge in [0.15, 0.2) is 0 Å². The van der Waals surface area contributed by atoms with E-state index in [1.165, 1.54) is 0 Å². The van der Waals surface area contributed by atoms with E-state index in [1.54, 1.807) is 0 Å². The zero-order chi connectivity index (χ0) is 16.1. The fourth-order valence-electron chi connectivity index (χ4n) is 2.46. The fourth-order valence-corrected chi connectivity index (χ4v) is 2.46. The van der Waals surface area contributed by atoms with Crippen molar-refractivity contribution in [2.24, 2.45) is 0 Å². The third-order valence-corrected chi connectivity index (χ3v) is 3.60. The van der Waals surface area contributed by atoms with Crippen LogP contribution in [0.4, 0.5) is 0 Å². The van der Waals surface area contributed by atoms with Crippen molar-refractivity contribution in [2.75, 3.05) is 6.61 Å². The predicted molar refractivity (Wildman–Crippen MR) is 91.2 cm³/mol. The molecule has 3 nitrogen and oxygen atoms in total. The minimum absolute atomic E-state index is 0.258. The van der Waals surface area contributed by atoms with E-state index < -0.39 is 0 Å². The Morgan fingerprint density at radius 3 is 2.13 bits per heavy atom. The van der Waals surface area contributed by atoms with Crippen LogP contribution in [0.25, 0.3) is 22.5 Å². The Morgan fingerprint density at radius 1 is 0.913 bits per heavy atom. The van der Waals surface area contributed by atoms with Crippen molar-refractivity contribution in [3.63, 3.8) is 0 Å². The Labute approximate surface area is 135 Å². The van der Waals surface area contributed by atoms with Gasteiger partial charge in [0.25, 0.3) is 0 Å². The Morgan fingerprint density at radius 2 is 1.52 bits per heavy atom. The van der Waals surface area contributed by atoms with Crippen LogP contribution in [0.5, 0.6) is 0 Å². The van der Waals surface area contributed by atoms with Gasteiger partial charge in [-0.05, 0) is 18.6 Å². The van der Waals surface area contributed by atoms with Gasteiger partial charge in [-0.2, -0.15) is 0 Å². The van der Waals surface area contributed by atoms with Crippen molar-refractivity contribution < 1.29 is 9.15 Å². The second-order valence-corrected chi connectivity index (χ2v) is 5.17. The lowest BCUT2D eigenvalue weighted by Gasteiger charge is -2.11. The van der Waals surface area contributed by atoms with Gasteiger partial charge in [0.05, 0.1) is 12.2 Å². The molecule has 0 N–H and O–H groups in total. The summed E-state index contributed by atoms with van der Waals surface area (Å²) in [5.74, 6) is 0.585. The summed E-state index contributed by atoms with van der Waals surface area (Å²) in [7, 11) is 0. The van der Waals surface area contributed by atoms with Crippen LogP contribution in [0.3, 0.4) is 0 Å². The molecule has 0 unspecified atom stereocenters. The molecule has 1 heterocycles. The third-order valence-electron chi connectivity index (χ3n) is 3.60. The van der Waals surface area contributed by atoms with E-state index in [1.807, 2.05) is 73.7 Å². The summed E-state index contributed by atoms with van der Waals surface area (Å²) in [4.78, 5) is 12.3. The van der Waals surface area contributed by atoms with Gasteiger partial charge < -0.3 is 9.15 Å². The fraction of sp³-hybridized carbons (Fsp3) is 0.150. The first kappa shape index (κ1) is 15.3. The molecule has 0 aliphatic heterocycles. The Hall–Kier alpha value is -2.65. The molecule has 1 aromatic heterocycles. The van der Waals surface area contributed by atoms with Crippen LogP contribution in [-0.2, 0) is 11.3 Å². The van der Waals surface area contributed by atoms with Crippen LogP contribution in [0.15, 0.2) is 75.9 Å². The van der Waals surface area contributed by atoms with Crippen molar-refractivity contribution in [2.45, 2.75) is 13.5 Å². The summed E-state index contributed by atoms with van der Waals surface area (Å²) in [6.07, 6.45) is 0. The van der Waals surface area contributed by atoms with Crippen molar-refractivity contribution in [1.29, 1.82) is 0 Å². The molecule has 3 aromatic rings. The van der Waals surface area contributed by atoms with Gasteiger partial charge >= 0.3 is 5.63 Å². The molecule has 0 amide bonds. The maximum Gasteiger partial charge on any atom is 0.341 e. The van der Waals surface area contributed by atoms with Crippen molar-refractivity contribution >= 4 is 0 Å². The number of hydrogen-bond acceptors (Lipinski definition) is 3. The lowest BCUT2D eigenvalue weighted by molar-refractivity contribution is 0.131. The largest absolute Gasteiger partial charge is 0.422 e. The molecule has 0 fully saturated rings. The molecule has 116 valence electrons. The normalized spacial score (nSPS) is 10.7. The van der Waals surface area contributed by atoms with Crippen LogP contribution >= 0.6 is 0 Å². The average molecular weight is 306 g/mol. The summed E-state index contributed by atoms with van der Waals surface area (Å²) in [5, 5.41) is 0. The van der Waals surface area contributed by atoms with Crippen LogP contribution in [0.1, 0.15) is 12.5 Å². The van der Waals surface area contributed by atoms with Gasteiger partial charge in [-0.15, -0.1) is 0 Å². The maximum absolute atomic E-state index is 12.3. The monoisotopic (exact) mass is 306 g/mol. The first-order valence-electron chi connectivity index (χ1n) is 7.65. The standard InChI is InChI=1S/C20H18O3/c1-2-22-14-17-13-18(15-9-5-3-6-10-15)19(23-20(17)21)16-11-7-4-8-12-16/h3-13H,2,14H2,1H3. The lowest BCUT2D eigenvalue weighted by atomic mass is 9.99. The topological polar surface area (TPSA) is 39.4 Å². The molecule has 3 heteroatoms. The second kappa shape index (κ2) is 7.07. The second-order valence-electron chi connectivity index (χ2n) is 5.17. The molecule has 23 heavy (non-hydrogen) atoms. The first-order chi connectivity index (χ1) is 11.3. The summed E-state index contributed by atoms with van der Waals surface area (Å²) in [6.45, 7) is 2.71. The van der Waals surface area contributed by atoms with Crippen molar-refractivity contribution in [1.82, 2.24) is 0 Å². The lowest BCUT2D eigenvalue weighted by Crippen LogP contribution is -2.10. The minimum atomic E-state index is -0.350. The first-order valence-corrected chi connectivity index (χ1v) is 7.65. The molecule has 0 saturated heterocycles. The highest BCUT2D eigenvalue weighted by Gasteiger charge is 2.14. The van der Waals surface area contributed by atoms with Gasteiger partial charge in [0.2, 0.25) is 0 Å². The zero-order valence-corrected chi connectivity index (χ0v) is 13.0. The molecule has 0 saturated carbocycles. The van der Waals surface area contributed by atoms with E-state index in [2.05, 4.69) is 0 Å². The molecule has 0 spiro atoms. The molecule has 0 atom stereocenters. The van der Waals surface area contributed by atoms with E-state index in [0.717, 1.165) is 16.7 Å². The molecule has 0 aliphatic rings. The van der Waals surface area contributed by atoms with Crippen molar-refractivity contribution in [3.05, 3.63) is 82.7 Å². The number of benzene rings is 2. The Bertz CT molecular complexity index is 821. The molecule has 3 rings (SSSR count). The molecule has 2 aromatic carbocycles. The number of hydrogen-bond donors (Lipinski definition) is 0. The minimum Gasteiger partial charge on any atom is -0.422 e. The number of rotatable bonds is 5. The maximum atomic E-state index is 12.3. The van der Waals surface area contributed by atoms with Crippen LogP contribution in [-0.4, -0.2) is 6.61 Å². The van der Waals surface area contributed by atoms with Crippen LogP contribution < -0.4 is 5.63 Å². The zero-order valence-electron chi connectivity index (χ0n) is 13.0. The molecular weight excluding hydrogens is 288 g/mol. The summed E-state index contributed by atoms with van der Waals surface area (Å²) < 4.78 is 11.0. The SMILES string of the molecule is CCOCc1cc(-c2ccccc2)c(-c2ccccc2)oc1=O. The van der Waals surface area contributed by atoms with Gasteiger partial charge in [-0.3, -0.25) is 0 Å². The summed E-state index contributed by atoms with van der Waals surface area (Å²) in [6, 6.07) is 21.5. The smallest absolute Gasteiger partial charge is 0.341 e. The predicted octanol–water partition coefficient (Wildman–Crippen LogP) is 4.51. The van der Waals surface area contributed by atoms with Crippen LogP contribution in [0, 0.1) is 0 Å². The average Bonchev–Trinajstić information content (AvgIpc) is 2.62. The molecular formula is C20H18O3. The summed E-state index contributed by atoms with van der Waals surface area (Å²) >= 11 is 0. The van der Waals surface area contributed by atoms with Crippen LogP contribution in [0.2, 0.25) is 0 Å². The molecule has 0 bridgehead atoms. The van der Waals surface area contributed by atoms with E-state index in [9.17, 15) is 4.79 Å². The molecule has 0 aliphatic carbocycles. The van der Waals surface area contributed by atoms with Gasteiger partial charge in [0.1, 0.15) is 5.76 Å². The number of ether oxygens (including phenoxy) is 1. The highest BCUT2D eigenvalue weighted by Crippen LogP contribution is 2.31. The van der Waals surface area contributed by atoms with E-state index >= 15 is 0 Å². The van der Waals surface area contributed by atoms with E-state index in [0.29, 0.717) is 17.9 Å². The highest BCUT2D eigenvalue weighted by molar-refractivity contribution is 5.79. The van der Waals surface area contributed by atoms with Gasteiger partial charge in [-0.25, -0.2) is 4.79 Å². The highest BCUT2D eigenvalue weighted by atomic mass is 16.5. The van der Waals surface area contributed by atoms with Gasteiger partial charge in [-0.1, -0.05) is 60.7 Å². The van der Waals surface area contributed by atoms with Crippen molar-refractivity contribution in [3.8, 4) is 22.5 Å². The summed E-state index contributed by atoms with van der Waals surface area (Å²) in [5.41, 5.74) is 2.97. The Balaban J connectivity index is 2.18. The third kappa shape index (κ3) is 3.41. The quantitative estimate of drug-likeness (QED) is 0.696. The van der Waals surface area contributed by atoms with E-state index in [4.69, 9.17) is 9.15 Å². The Kier molecular flexibility index (Phi) is 4.69. The van der Waals surface area contributed by atoms with Gasteiger partial charge in [0, 0.05) is 17.7 Å². The van der Waals surface area contributed by atoms with E-state index in [-0.39, 0.29) is 12.2 Å².